The minimum Gasteiger partial charge on any atom is -0.418 e. The Labute approximate surface area is 206 Å². The molecule has 0 aliphatic carbocycles. The number of halogens is 4. The molecule has 33 heavy (non-hydrogen) atoms. The zero-order chi connectivity index (χ0) is 25.2. The standard InChI is InChI=1S/C27H55P.BF4/c1-4-7-10-13-16-19-22-26(23-20-17-14-11-8-5-2)25-27(28)24-21-18-15-12-9-6-3;2-1(3,4)5/h25,27H,4-24,28H2,1-3H3;/q;-1/p+1. The van der Waals surface area contributed by atoms with Gasteiger partial charge in [-0.25, -0.2) is 0 Å². The van der Waals surface area contributed by atoms with E-state index in [0.717, 1.165) is 5.66 Å². The molecule has 200 valence electrons. The van der Waals surface area contributed by atoms with Crippen LogP contribution in [0.15, 0.2) is 11.6 Å². The van der Waals surface area contributed by atoms with E-state index in [0.29, 0.717) is 0 Å². The van der Waals surface area contributed by atoms with Gasteiger partial charge in [0.1, 0.15) is 0 Å². The summed E-state index contributed by atoms with van der Waals surface area (Å²) in [5.41, 5.74) is 2.62. The molecule has 0 fully saturated rings. The van der Waals surface area contributed by atoms with E-state index in [1.54, 1.807) is 5.57 Å². The lowest BCUT2D eigenvalue weighted by Crippen LogP contribution is -2.02. The summed E-state index contributed by atoms with van der Waals surface area (Å²) in [4.78, 5) is 0. The van der Waals surface area contributed by atoms with Gasteiger partial charge >= 0.3 is 7.25 Å². The molecule has 0 saturated carbocycles. The fourth-order valence-electron chi connectivity index (χ4n) is 4.16. The van der Waals surface area contributed by atoms with Crippen molar-refractivity contribution in [2.45, 2.75) is 161 Å². The summed E-state index contributed by atoms with van der Waals surface area (Å²) in [6, 6.07) is 0. The van der Waals surface area contributed by atoms with Crippen LogP contribution in [0.2, 0.25) is 0 Å². The smallest absolute Gasteiger partial charge is 0.418 e. The van der Waals surface area contributed by atoms with Crippen LogP contribution in [0.4, 0.5) is 17.3 Å². The van der Waals surface area contributed by atoms with Crippen LogP contribution in [0.25, 0.3) is 0 Å². The molecule has 0 aliphatic rings. The molecule has 0 bridgehead atoms. The average molecular weight is 499 g/mol. The van der Waals surface area contributed by atoms with Crippen LogP contribution >= 0.6 is 9.24 Å². The van der Waals surface area contributed by atoms with E-state index in [-0.39, 0.29) is 0 Å². The van der Waals surface area contributed by atoms with E-state index in [9.17, 15) is 17.3 Å². The van der Waals surface area contributed by atoms with Crippen molar-refractivity contribution < 1.29 is 17.3 Å². The molecule has 0 N–H and O–H groups in total. The van der Waals surface area contributed by atoms with Crippen LogP contribution in [0.1, 0.15) is 156 Å². The third-order valence-corrected chi connectivity index (χ3v) is 6.75. The van der Waals surface area contributed by atoms with Crippen LogP contribution in [-0.2, 0) is 0 Å². The van der Waals surface area contributed by atoms with Crippen molar-refractivity contribution in [2.24, 2.45) is 0 Å². The maximum Gasteiger partial charge on any atom is 0.673 e. The predicted octanol–water partition coefficient (Wildman–Crippen LogP) is 11.4. The summed E-state index contributed by atoms with van der Waals surface area (Å²) in [7, 11) is -3.76. The average Bonchev–Trinajstić information content (AvgIpc) is 2.74. The Morgan fingerprint density at radius 1 is 0.576 bits per heavy atom. The molecule has 0 saturated heterocycles. The second-order valence-electron chi connectivity index (χ2n) is 9.67. The summed E-state index contributed by atoms with van der Waals surface area (Å²) >= 11 is 0. The van der Waals surface area contributed by atoms with Gasteiger partial charge in [0.05, 0.1) is 5.66 Å². The summed E-state index contributed by atoms with van der Waals surface area (Å²) in [5.74, 6) is 0. The highest BCUT2D eigenvalue weighted by molar-refractivity contribution is 7.17. The normalized spacial score (nSPS) is 12.3. The Bertz CT molecular complexity index is 389. The molecule has 0 amide bonds. The molecule has 0 heterocycles. The largest absolute Gasteiger partial charge is 0.673 e. The van der Waals surface area contributed by atoms with Crippen LogP contribution in [0.5, 0.6) is 0 Å². The third-order valence-electron chi connectivity index (χ3n) is 6.10. The van der Waals surface area contributed by atoms with Gasteiger partial charge in [0.25, 0.3) is 0 Å². The first-order chi connectivity index (χ1) is 15.7. The van der Waals surface area contributed by atoms with Crippen molar-refractivity contribution in [3.63, 3.8) is 0 Å². The van der Waals surface area contributed by atoms with Gasteiger partial charge in [0.15, 0.2) is 0 Å². The highest BCUT2D eigenvalue weighted by atomic mass is 31.0. The van der Waals surface area contributed by atoms with Crippen molar-refractivity contribution >= 4 is 16.5 Å². The van der Waals surface area contributed by atoms with Gasteiger partial charge in [-0.2, -0.15) is 0 Å². The van der Waals surface area contributed by atoms with Gasteiger partial charge in [0, 0.05) is 0 Å². The minimum absolute atomic E-state index is 0.821. The first-order valence-corrected chi connectivity index (χ1v) is 15.0. The second kappa shape index (κ2) is 26.6. The molecular formula is C27H56BF4P. The SMILES string of the molecule is CCCCCCCCC(=CC([PH3+])CCCCCCCC)CCCCCCCC.F[B-](F)(F)F. The molecular weight excluding hydrogens is 442 g/mol. The van der Waals surface area contributed by atoms with Crippen molar-refractivity contribution in [3.05, 3.63) is 11.6 Å². The minimum atomic E-state index is -6.00. The topological polar surface area (TPSA) is 0 Å². The van der Waals surface area contributed by atoms with Crippen molar-refractivity contribution in [2.75, 3.05) is 0 Å². The van der Waals surface area contributed by atoms with Gasteiger partial charge in [-0.3, -0.25) is 0 Å². The highest BCUT2D eigenvalue weighted by Gasteiger charge is 2.20. The maximum atomic E-state index is 9.75. The lowest BCUT2D eigenvalue weighted by atomic mass is 9.97. The van der Waals surface area contributed by atoms with E-state index < -0.39 is 7.25 Å². The van der Waals surface area contributed by atoms with Gasteiger partial charge in [-0.05, 0) is 53.8 Å². The highest BCUT2D eigenvalue weighted by Crippen LogP contribution is 2.23. The molecule has 0 aromatic heterocycles. The van der Waals surface area contributed by atoms with Gasteiger partial charge in [0.2, 0.25) is 0 Å². The Balaban J connectivity index is 0. The zero-order valence-electron chi connectivity index (χ0n) is 22.3. The van der Waals surface area contributed by atoms with Gasteiger partial charge < -0.3 is 17.3 Å². The molecule has 0 aromatic rings. The van der Waals surface area contributed by atoms with Crippen molar-refractivity contribution in [1.82, 2.24) is 0 Å². The number of hydrogen-bond donors (Lipinski definition) is 0. The second-order valence-corrected chi connectivity index (χ2v) is 10.7. The molecule has 0 aromatic carbocycles. The van der Waals surface area contributed by atoms with Crippen LogP contribution in [0, 0.1) is 0 Å². The molecule has 2 unspecified atom stereocenters. The molecule has 0 rings (SSSR count). The monoisotopic (exact) mass is 498 g/mol. The number of allylic oxidation sites excluding steroid dienone is 2. The number of hydrogen-bond acceptors (Lipinski definition) is 0. The van der Waals surface area contributed by atoms with Crippen molar-refractivity contribution in [1.29, 1.82) is 0 Å². The first-order valence-electron chi connectivity index (χ1n) is 14.1. The maximum absolute atomic E-state index is 9.75. The molecule has 0 spiro atoms. The first kappa shape index (κ1) is 35.1. The fourth-order valence-corrected chi connectivity index (χ4v) is 4.78. The summed E-state index contributed by atoms with van der Waals surface area (Å²) in [5, 5.41) is 0. The third kappa shape index (κ3) is 36.7. The van der Waals surface area contributed by atoms with E-state index >= 15 is 0 Å². The Hall–Kier alpha value is -0.0451. The van der Waals surface area contributed by atoms with Crippen LogP contribution in [0.3, 0.4) is 0 Å². The Morgan fingerprint density at radius 2 is 0.879 bits per heavy atom. The lowest BCUT2D eigenvalue weighted by Gasteiger charge is -2.11. The Kier molecular flexibility index (Phi) is 28.3. The summed E-state index contributed by atoms with van der Waals surface area (Å²) in [6.07, 6.45) is 32.6. The van der Waals surface area contributed by atoms with Crippen LogP contribution < -0.4 is 0 Å². The molecule has 0 nitrogen and oxygen atoms in total. The molecule has 0 aliphatic heterocycles. The van der Waals surface area contributed by atoms with Gasteiger partial charge in [-0.15, -0.1) is 0 Å². The molecule has 0 radical (unpaired) electrons. The fraction of sp³-hybridized carbons (Fsp3) is 0.926. The zero-order valence-corrected chi connectivity index (χ0v) is 23.7. The van der Waals surface area contributed by atoms with Gasteiger partial charge in [-0.1, -0.05) is 123 Å². The summed E-state index contributed by atoms with van der Waals surface area (Å²) in [6.45, 7) is 6.93. The predicted molar refractivity (Wildman–Crippen MR) is 147 cm³/mol. The van der Waals surface area contributed by atoms with Crippen molar-refractivity contribution in [3.8, 4) is 0 Å². The van der Waals surface area contributed by atoms with E-state index in [4.69, 9.17) is 0 Å². The summed E-state index contributed by atoms with van der Waals surface area (Å²) < 4.78 is 39.0. The van der Waals surface area contributed by atoms with E-state index in [1.165, 1.54) is 135 Å². The quantitative estimate of drug-likeness (QED) is 0.0458. The molecule has 6 heteroatoms. The van der Waals surface area contributed by atoms with E-state index in [1.807, 2.05) is 0 Å². The Morgan fingerprint density at radius 3 is 1.24 bits per heavy atom. The number of rotatable bonds is 22. The number of unbranched alkanes of at least 4 members (excludes halogenated alkanes) is 15. The molecule has 2 atom stereocenters. The lowest BCUT2D eigenvalue weighted by molar-refractivity contribution is 0.368. The van der Waals surface area contributed by atoms with Crippen LogP contribution in [-0.4, -0.2) is 12.9 Å². The van der Waals surface area contributed by atoms with E-state index in [2.05, 4.69) is 36.1 Å².